The lowest BCUT2D eigenvalue weighted by Gasteiger charge is -2.13. The second-order valence-electron chi connectivity index (χ2n) is 4.98. The van der Waals surface area contributed by atoms with Crippen LogP contribution in [0.15, 0.2) is 35.6 Å². The Bertz CT molecular complexity index is 809. The lowest BCUT2D eigenvalue weighted by Crippen LogP contribution is -2.29. The molecule has 2 rings (SSSR count). The second kappa shape index (κ2) is 9.39. The number of rotatable bonds is 8. The maximum absolute atomic E-state index is 13.6. The van der Waals surface area contributed by atoms with Gasteiger partial charge < -0.3 is 10.4 Å². The van der Waals surface area contributed by atoms with Crippen LogP contribution in [0.2, 0.25) is 10.0 Å². The van der Waals surface area contributed by atoms with E-state index in [4.69, 9.17) is 33.1 Å². The lowest BCUT2D eigenvalue weighted by molar-refractivity contribution is 0.0205. The van der Waals surface area contributed by atoms with Crippen LogP contribution in [0, 0.1) is 10.7 Å². The van der Waals surface area contributed by atoms with Crippen molar-refractivity contribution in [1.82, 2.24) is 10.5 Å². The van der Waals surface area contributed by atoms with Gasteiger partial charge in [-0.15, -0.1) is 0 Å². The van der Waals surface area contributed by atoms with E-state index in [0.29, 0.717) is 5.02 Å². The number of hydroxylamine groups is 1. The molecule has 0 aliphatic carbocycles. The van der Waals surface area contributed by atoms with Crippen molar-refractivity contribution in [3.63, 3.8) is 0 Å². The van der Waals surface area contributed by atoms with Crippen LogP contribution in [0.25, 0.3) is 0 Å². The topological polar surface area (TPSA) is 113 Å². The number of hydrogen-bond donors (Lipinski definition) is 3. The number of amides is 1. The third-order valence-electron chi connectivity index (χ3n) is 3.09. The first-order valence-electron chi connectivity index (χ1n) is 7.17. The minimum absolute atomic E-state index is 0.0267. The van der Waals surface area contributed by atoms with Gasteiger partial charge >= 0.3 is 0 Å². The van der Waals surface area contributed by atoms with Crippen LogP contribution in [0.3, 0.4) is 0 Å². The van der Waals surface area contributed by atoms with Gasteiger partial charge in [0.05, 0.1) is 27.9 Å². The summed E-state index contributed by atoms with van der Waals surface area (Å²) in [6.07, 6.45) is 1.33. The summed E-state index contributed by atoms with van der Waals surface area (Å²) in [6, 6.07) is 3.80. The SMILES string of the molecule is O=NC(CO)CONC(=O)c1ccc(F)cc1Nc1ncc(Cl)cc1Cl. The number of carbonyl (C=O) groups is 1. The number of carbonyl (C=O) groups excluding carboxylic acids is 1. The Morgan fingerprint density at radius 2 is 2.15 bits per heavy atom. The van der Waals surface area contributed by atoms with Gasteiger partial charge in [0.25, 0.3) is 5.91 Å². The largest absolute Gasteiger partial charge is 0.394 e. The van der Waals surface area contributed by atoms with Crippen molar-refractivity contribution >= 4 is 40.6 Å². The molecule has 11 heteroatoms. The van der Waals surface area contributed by atoms with E-state index >= 15 is 0 Å². The average Bonchev–Trinajstić information content (AvgIpc) is 2.61. The normalized spacial score (nSPS) is 11.7. The van der Waals surface area contributed by atoms with E-state index in [1.165, 1.54) is 18.3 Å². The molecule has 1 amide bonds. The number of aromatic nitrogens is 1. The number of pyridine rings is 1. The van der Waals surface area contributed by atoms with Crippen molar-refractivity contribution in [2.75, 3.05) is 18.5 Å². The third-order valence-corrected chi connectivity index (χ3v) is 3.58. The fraction of sp³-hybridized carbons (Fsp3) is 0.200. The molecule has 0 aliphatic heterocycles. The van der Waals surface area contributed by atoms with E-state index in [-0.39, 0.29) is 28.7 Å². The standard InChI is InChI=1S/C15H13Cl2FN4O4/c16-8-3-12(17)14(19-5-8)20-13-4-9(18)1-2-11(13)15(24)22-26-7-10(6-23)21-25/h1-5,10,23H,6-7H2,(H,19,20)(H,22,24). The Kier molecular flexibility index (Phi) is 7.22. The molecular formula is C15H13Cl2FN4O4. The van der Waals surface area contributed by atoms with Gasteiger partial charge in [-0.25, -0.2) is 14.9 Å². The Labute approximate surface area is 157 Å². The predicted molar refractivity (Wildman–Crippen MR) is 94.0 cm³/mol. The fourth-order valence-electron chi connectivity index (χ4n) is 1.83. The molecule has 0 spiro atoms. The molecule has 2 aromatic rings. The quantitative estimate of drug-likeness (QED) is 0.461. The van der Waals surface area contributed by atoms with E-state index in [9.17, 15) is 14.1 Å². The lowest BCUT2D eigenvalue weighted by atomic mass is 10.1. The van der Waals surface area contributed by atoms with Gasteiger partial charge in [-0.1, -0.05) is 28.4 Å². The zero-order valence-corrected chi connectivity index (χ0v) is 14.6. The van der Waals surface area contributed by atoms with E-state index in [0.717, 1.165) is 12.1 Å². The van der Waals surface area contributed by atoms with Crippen LogP contribution in [0.5, 0.6) is 0 Å². The molecule has 0 aliphatic rings. The maximum Gasteiger partial charge on any atom is 0.276 e. The zero-order chi connectivity index (χ0) is 19.1. The molecule has 0 fully saturated rings. The molecule has 1 heterocycles. The molecular weight excluding hydrogens is 390 g/mol. The molecule has 8 nitrogen and oxygen atoms in total. The van der Waals surface area contributed by atoms with Crippen LogP contribution < -0.4 is 10.8 Å². The van der Waals surface area contributed by atoms with E-state index in [2.05, 4.69) is 21.0 Å². The molecule has 1 aromatic heterocycles. The van der Waals surface area contributed by atoms with Gasteiger partial charge in [-0.2, -0.15) is 4.91 Å². The van der Waals surface area contributed by atoms with Crippen LogP contribution in [-0.2, 0) is 4.84 Å². The van der Waals surface area contributed by atoms with Crippen molar-refractivity contribution < 1.29 is 19.1 Å². The highest BCUT2D eigenvalue weighted by Gasteiger charge is 2.16. The predicted octanol–water partition coefficient (Wildman–Crippen LogP) is 3.06. The summed E-state index contributed by atoms with van der Waals surface area (Å²) in [5, 5.41) is 14.7. The molecule has 0 saturated carbocycles. The first-order valence-corrected chi connectivity index (χ1v) is 7.93. The highest BCUT2D eigenvalue weighted by atomic mass is 35.5. The fourth-order valence-corrected chi connectivity index (χ4v) is 2.25. The highest BCUT2D eigenvalue weighted by molar-refractivity contribution is 6.36. The molecule has 0 radical (unpaired) electrons. The van der Waals surface area contributed by atoms with E-state index in [1.54, 1.807) is 0 Å². The number of aliphatic hydroxyl groups excluding tert-OH is 1. The maximum atomic E-state index is 13.6. The monoisotopic (exact) mass is 402 g/mol. The summed E-state index contributed by atoms with van der Waals surface area (Å²) in [5.41, 5.74) is 2.19. The number of nitroso groups, excluding NO2 is 1. The Balaban J connectivity index is 2.16. The summed E-state index contributed by atoms with van der Waals surface area (Å²) in [5.74, 6) is -1.15. The summed E-state index contributed by atoms with van der Waals surface area (Å²) in [4.78, 5) is 31.4. The Morgan fingerprint density at radius 1 is 1.38 bits per heavy atom. The second-order valence-corrected chi connectivity index (χ2v) is 5.83. The van der Waals surface area contributed by atoms with E-state index in [1.807, 2.05) is 0 Å². The van der Waals surface area contributed by atoms with Crippen molar-refractivity contribution in [3.05, 3.63) is 56.8 Å². The van der Waals surface area contributed by atoms with Crippen LogP contribution in [0.4, 0.5) is 15.9 Å². The number of benzene rings is 1. The molecule has 1 atom stereocenters. The minimum atomic E-state index is -1.02. The molecule has 1 unspecified atom stereocenters. The molecule has 1 aromatic carbocycles. The molecule has 26 heavy (non-hydrogen) atoms. The number of halogens is 3. The third kappa shape index (κ3) is 5.33. The highest BCUT2D eigenvalue weighted by Crippen LogP contribution is 2.28. The average molecular weight is 403 g/mol. The number of nitrogens with one attached hydrogen (secondary N) is 2. The molecule has 3 N–H and O–H groups in total. The van der Waals surface area contributed by atoms with E-state index < -0.39 is 24.4 Å². The zero-order valence-electron chi connectivity index (χ0n) is 13.1. The van der Waals surface area contributed by atoms with Gasteiger partial charge in [0, 0.05) is 6.20 Å². The first kappa shape index (κ1) is 20.0. The molecule has 0 bridgehead atoms. The van der Waals surface area contributed by atoms with Gasteiger partial charge in [0.2, 0.25) is 0 Å². The van der Waals surface area contributed by atoms with Gasteiger partial charge in [-0.05, 0) is 24.3 Å². The first-order chi connectivity index (χ1) is 12.4. The van der Waals surface area contributed by atoms with Gasteiger partial charge in [0.1, 0.15) is 24.3 Å². The van der Waals surface area contributed by atoms with Crippen LogP contribution in [-0.4, -0.2) is 35.3 Å². The van der Waals surface area contributed by atoms with Crippen molar-refractivity contribution in [2.45, 2.75) is 6.04 Å². The smallest absolute Gasteiger partial charge is 0.276 e. The number of nitrogens with zero attached hydrogens (tertiary/aromatic N) is 2. The Hall–Kier alpha value is -2.33. The van der Waals surface area contributed by atoms with Crippen molar-refractivity contribution in [3.8, 4) is 0 Å². The van der Waals surface area contributed by atoms with Gasteiger partial charge in [0.15, 0.2) is 0 Å². The van der Waals surface area contributed by atoms with Crippen molar-refractivity contribution in [1.29, 1.82) is 0 Å². The van der Waals surface area contributed by atoms with Gasteiger partial charge in [-0.3, -0.25) is 9.63 Å². The number of hydrogen-bond acceptors (Lipinski definition) is 7. The van der Waals surface area contributed by atoms with Crippen molar-refractivity contribution in [2.24, 2.45) is 5.18 Å². The van der Waals surface area contributed by atoms with Crippen LogP contribution >= 0.6 is 23.2 Å². The Morgan fingerprint density at radius 3 is 2.81 bits per heavy atom. The summed E-state index contributed by atoms with van der Waals surface area (Å²) >= 11 is 11.8. The van der Waals surface area contributed by atoms with Crippen LogP contribution in [0.1, 0.15) is 10.4 Å². The number of anilines is 2. The number of aliphatic hydroxyl groups is 1. The minimum Gasteiger partial charge on any atom is -0.394 e. The molecule has 0 saturated heterocycles. The molecule has 138 valence electrons. The summed E-state index contributed by atoms with van der Waals surface area (Å²) in [6.45, 7) is -0.844. The summed E-state index contributed by atoms with van der Waals surface area (Å²) in [7, 11) is 0. The summed E-state index contributed by atoms with van der Waals surface area (Å²) < 4.78 is 13.6.